The van der Waals surface area contributed by atoms with Crippen molar-refractivity contribution in [1.29, 1.82) is 0 Å². The monoisotopic (exact) mass is 222 g/mol. The molecule has 4 heteroatoms. The highest BCUT2D eigenvalue weighted by Gasteiger charge is 2.20. The van der Waals surface area contributed by atoms with Gasteiger partial charge in [0.2, 0.25) is 5.91 Å². The zero-order valence-electron chi connectivity index (χ0n) is 9.66. The number of aromatic hydroxyl groups is 1. The Bertz CT molecular complexity index is 370. The first-order chi connectivity index (χ1) is 7.39. The number of hydrogen-bond donors (Lipinski definition) is 3. The minimum atomic E-state index is -0.848. The molecule has 0 fully saturated rings. The van der Waals surface area contributed by atoms with E-state index in [1.54, 1.807) is 32.0 Å². The van der Waals surface area contributed by atoms with E-state index in [0.717, 1.165) is 5.56 Å². The Labute approximate surface area is 95.5 Å². The number of carbonyl (C=O) groups excluding carboxylic acids is 1. The number of phenols is 1. The summed E-state index contributed by atoms with van der Waals surface area (Å²) < 4.78 is 0. The molecule has 0 heterocycles. The molecule has 0 spiro atoms. The molecule has 16 heavy (non-hydrogen) atoms. The van der Waals surface area contributed by atoms with Gasteiger partial charge in [0.05, 0.1) is 5.54 Å². The van der Waals surface area contributed by atoms with Crippen molar-refractivity contribution in [3.05, 3.63) is 29.8 Å². The van der Waals surface area contributed by atoms with Crippen LogP contribution in [0.2, 0.25) is 0 Å². The van der Waals surface area contributed by atoms with Crippen LogP contribution < -0.4 is 11.1 Å². The molecule has 0 aliphatic heterocycles. The molecule has 0 aliphatic carbocycles. The Hall–Kier alpha value is -1.55. The summed E-state index contributed by atoms with van der Waals surface area (Å²) >= 11 is 0. The summed E-state index contributed by atoms with van der Waals surface area (Å²) in [7, 11) is 0. The van der Waals surface area contributed by atoms with Crippen LogP contribution in [0.25, 0.3) is 0 Å². The number of phenolic OH excluding ortho intramolecular Hbond substituents is 1. The van der Waals surface area contributed by atoms with Gasteiger partial charge in [-0.25, -0.2) is 0 Å². The predicted octanol–water partition coefficient (Wildman–Crippen LogP) is 0.788. The van der Waals surface area contributed by atoms with Crippen LogP contribution in [0.1, 0.15) is 19.4 Å². The maximum absolute atomic E-state index is 11.4. The van der Waals surface area contributed by atoms with Gasteiger partial charge >= 0.3 is 0 Å². The number of nitrogens with two attached hydrogens (primary N) is 1. The molecular weight excluding hydrogens is 204 g/mol. The number of nitrogens with one attached hydrogen (secondary N) is 1. The minimum Gasteiger partial charge on any atom is -0.508 e. The fraction of sp³-hybridized carbons (Fsp3) is 0.417. The lowest BCUT2D eigenvalue weighted by Crippen LogP contribution is -2.49. The molecule has 88 valence electrons. The second kappa shape index (κ2) is 4.99. The van der Waals surface area contributed by atoms with E-state index in [9.17, 15) is 9.90 Å². The average Bonchev–Trinajstić information content (AvgIpc) is 2.16. The number of hydrogen-bond acceptors (Lipinski definition) is 3. The minimum absolute atomic E-state index is 0.173. The van der Waals surface area contributed by atoms with Gasteiger partial charge in [0, 0.05) is 6.54 Å². The third kappa shape index (κ3) is 3.90. The van der Waals surface area contributed by atoms with Gasteiger partial charge in [0.25, 0.3) is 0 Å². The van der Waals surface area contributed by atoms with Crippen molar-refractivity contribution < 1.29 is 9.90 Å². The summed E-state index contributed by atoms with van der Waals surface area (Å²) in [6.45, 7) is 3.84. The Balaban J connectivity index is 2.39. The summed E-state index contributed by atoms with van der Waals surface area (Å²) in [6.07, 6.45) is 0.677. The molecule has 0 atom stereocenters. The lowest BCUT2D eigenvalue weighted by molar-refractivity contribution is -0.125. The standard InChI is InChI=1S/C12H18N2O2/c1-12(2,13)11(16)14-7-6-9-4-3-5-10(15)8-9/h3-5,8,15H,6-7,13H2,1-2H3,(H,14,16). The predicted molar refractivity (Wildman–Crippen MR) is 63.1 cm³/mol. The molecule has 0 saturated carbocycles. The maximum Gasteiger partial charge on any atom is 0.239 e. The van der Waals surface area contributed by atoms with Crippen molar-refractivity contribution in [1.82, 2.24) is 5.32 Å². The molecule has 4 N–H and O–H groups in total. The van der Waals surface area contributed by atoms with E-state index in [4.69, 9.17) is 5.73 Å². The molecule has 0 saturated heterocycles. The Kier molecular flexibility index (Phi) is 3.90. The van der Waals surface area contributed by atoms with Gasteiger partial charge in [-0.05, 0) is 38.0 Å². The highest BCUT2D eigenvalue weighted by atomic mass is 16.3. The van der Waals surface area contributed by atoms with Crippen LogP contribution >= 0.6 is 0 Å². The van der Waals surface area contributed by atoms with Gasteiger partial charge in [-0.2, -0.15) is 0 Å². The molecule has 1 aromatic rings. The van der Waals surface area contributed by atoms with E-state index in [2.05, 4.69) is 5.32 Å². The Morgan fingerprint density at radius 2 is 2.19 bits per heavy atom. The molecule has 1 amide bonds. The molecule has 0 unspecified atom stereocenters. The lowest BCUT2D eigenvalue weighted by Gasteiger charge is -2.17. The van der Waals surface area contributed by atoms with Crippen molar-refractivity contribution in [3.8, 4) is 5.75 Å². The highest BCUT2D eigenvalue weighted by Crippen LogP contribution is 2.10. The summed E-state index contributed by atoms with van der Waals surface area (Å²) in [5.41, 5.74) is 5.76. The molecule has 0 aliphatic rings. The number of benzene rings is 1. The topological polar surface area (TPSA) is 75.4 Å². The smallest absolute Gasteiger partial charge is 0.239 e. The first-order valence-corrected chi connectivity index (χ1v) is 5.24. The van der Waals surface area contributed by atoms with E-state index in [1.807, 2.05) is 6.07 Å². The van der Waals surface area contributed by atoms with Crippen molar-refractivity contribution in [2.45, 2.75) is 25.8 Å². The number of rotatable bonds is 4. The van der Waals surface area contributed by atoms with Crippen LogP contribution in [-0.4, -0.2) is 23.1 Å². The van der Waals surface area contributed by atoms with Crippen LogP contribution in [0.15, 0.2) is 24.3 Å². The van der Waals surface area contributed by atoms with Crippen molar-refractivity contribution in [2.24, 2.45) is 5.73 Å². The van der Waals surface area contributed by atoms with E-state index in [1.165, 1.54) is 0 Å². The quantitative estimate of drug-likeness (QED) is 0.705. The largest absolute Gasteiger partial charge is 0.508 e. The van der Waals surface area contributed by atoms with Gasteiger partial charge in [0.15, 0.2) is 0 Å². The van der Waals surface area contributed by atoms with Crippen LogP contribution in [0.5, 0.6) is 5.75 Å². The first kappa shape index (κ1) is 12.5. The molecule has 1 aromatic carbocycles. The summed E-state index contributed by atoms with van der Waals surface area (Å²) in [5.74, 6) is 0.0654. The van der Waals surface area contributed by atoms with E-state index >= 15 is 0 Å². The van der Waals surface area contributed by atoms with Crippen LogP contribution in [-0.2, 0) is 11.2 Å². The van der Waals surface area contributed by atoms with Crippen LogP contribution in [0.3, 0.4) is 0 Å². The van der Waals surface area contributed by atoms with Crippen molar-refractivity contribution >= 4 is 5.91 Å². The molecule has 0 aromatic heterocycles. The van der Waals surface area contributed by atoms with E-state index < -0.39 is 5.54 Å². The van der Waals surface area contributed by atoms with Gasteiger partial charge in [0.1, 0.15) is 5.75 Å². The zero-order valence-corrected chi connectivity index (χ0v) is 9.66. The maximum atomic E-state index is 11.4. The molecule has 1 rings (SSSR count). The Morgan fingerprint density at radius 1 is 1.50 bits per heavy atom. The van der Waals surface area contributed by atoms with E-state index in [0.29, 0.717) is 13.0 Å². The van der Waals surface area contributed by atoms with Crippen molar-refractivity contribution in [2.75, 3.05) is 6.54 Å². The molecule has 0 radical (unpaired) electrons. The van der Waals surface area contributed by atoms with Gasteiger partial charge in [-0.15, -0.1) is 0 Å². The van der Waals surface area contributed by atoms with Gasteiger partial charge in [-0.1, -0.05) is 12.1 Å². The number of amides is 1. The lowest BCUT2D eigenvalue weighted by atomic mass is 10.1. The van der Waals surface area contributed by atoms with Crippen LogP contribution in [0, 0.1) is 0 Å². The number of carbonyl (C=O) groups is 1. The molecule has 4 nitrogen and oxygen atoms in total. The summed E-state index contributed by atoms with van der Waals surface area (Å²) in [6, 6.07) is 6.98. The Morgan fingerprint density at radius 3 is 2.75 bits per heavy atom. The third-order valence-electron chi connectivity index (χ3n) is 2.20. The van der Waals surface area contributed by atoms with E-state index in [-0.39, 0.29) is 11.7 Å². The third-order valence-corrected chi connectivity index (χ3v) is 2.20. The van der Waals surface area contributed by atoms with Crippen LogP contribution in [0.4, 0.5) is 0 Å². The second-order valence-corrected chi connectivity index (χ2v) is 4.40. The van der Waals surface area contributed by atoms with Crippen molar-refractivity contribution in [3.63, 3.8) is 0 Å². The summed E-state index contributed by atoms with van der Waals surface area (Å²) in [4.78, 5) is 11.4. The SMILES string of the molecule is CC(C)(N)C(=O)NCCc1cccc(O)c1. The molecular formula is C12H18N2O2. The van der Waals surface area contributed by atoms with Gasteiger partial charge < -0.3 is 16.2 Å². The second-order valence-electron chi connectivity index (χ2n) is 4.40. The fourth-order valence-electron chi connectivity index (χ4n) is 1.26. The average molecular weight is 222 g/mol. The highest BCUT2D eigenvalue weighted by molar-refractivity contribution is 5.84. The van der Waals surface area contributed by atoms with Gasteiger partial charge in [-0.3, -0.25) is 4.79 Å². The zero-order chi connectivity index (χ0) is 12.2. The molecule has 0 bridgehead atoms. The first-order valence-electron chi connectivity index (χ1n) is 5.24. The summed E-state index contributed by atoms with van der Waals surface area (Å²) in [5, 5.41) is 12.0. The fourth-order valence-corrected chi connectivity index (χ4v) is 1.26. The normalized spacial score (nSPS) is 11.2.